The van der Waals surface area contributed by atoms with Gasteiger partial charge in [-0.3, -0.25) is 9.89 Å². The summed E-state index contributed by atoms with van der Waals surface area (Å²) in [6, 6.07) is 5.61. The summed E-state index contributed by atoms with van der Waals surface area (Å²) in [6.07, 6.45) is 0. The molecule has 0 bridgehead atoms. The fourth-order valence-corrected chi connectivity index (χ4v) is 2.37. The first-order valence-corrected chi connectivity index (χ1v) is 6.85. The molecule has 0 fully saturated rings. The summed E-state index contributed by atoms with van der Waals surface area (Å²) in [7, 11) is 0. The number of amides is 1. The third-order valence-electron chi connectivity index (χ3n) is 2.53. The third kappa shape index (κ3) is 2.64. The molecule has 1 aromatic carbocycles. The maximum absolute atomic E-state index is 12.2. The zero-order valence-electron chi connectivity index (χ0n) is 9.84. The molecule has 0 aliphatic carbocycles. The van der Waals surface area contributed by atoms with Crippen LogP contribution in [0.3, 0.4) is 0 Å². The minimum atomic E-state index is -0.169. The Morgan fingerprint density at radius 3 is 2.67 bits per heavy atom. The first-order chi connectivity index (χ1) is 8.49. The van der Waals surface area contributed by atoms with Crippen LogP contribution in [0.1, 0.15) is 21.7 Å². The molecule has 1 heterocycles. The maximum atomic E-state index is 12.2. The van der Waals surface area contributed by atoms with E-state index in [-0.39, 0.29) is 5.91 Å². The van der Waals surface area contributed by atoms with E-state index in [4.69, 9.17) is 0 Å². The van der Waals surface area contributed by atoms with E-state index in [9.17, 15) is 4.79 Å². The minimum Gasteiger partial charge on any atom is -0.321 e. The number of halogens is 2. The van der Waals surface area contributed by atoms with Crippen molar-refractivity contribution < 1.29 is 4.79 Å². The lowest BCUT2D eigenvalue weighted by Gasteiger charge is -2.08. The highest BCUT2D eigenvalue weighted by Gasteiger charge is 2.16. The lowest BCUT2D eigenvalue weighted by Crippen LogP contribution is -2.14. The Bertz CT molecular complexity index is 588. The molecule has 0 atom stereocenters. The van der Waals surface area contributed by atoms with Crippen LogP contribution in [0.2, 0.25) is 0 Å². The van der Waals surface area contributed by atoms with Gasteiger partial charge in [0.05, 0.1) is 16.9 Å². The van der Waals surface area contributed by atoms with Gasteiger partial charge in [0.1, 0.15) is 0 Å². The van der Waals surface area contributed by atoms with Crippen LogP contribution in [0.4, 0.5) is 5.69 Å². The molecule has 1 amide bonds. The standard InChI is InChI=1S/C12H11Br2N3O/c1-6-11(7(2)17-16-6)12(18)15-10-5-8(13)3-4-9(10)14/h3-5H,1-2H3,(H,15,18)(H,16,17). The summed E-state index contributed by atoms with van der Waals surface area (Å²) in [5.74, 6) is -0.169. The summed E-state index contributed by atoms with van der Waals surface area (Å²) in [5, 5.41) is 9.67. The Kier molecular flexibility index (Phi) is 3.87. The number of carbonyl (C=O) groups excluding carboxylic acids is 1. The molecular formula is C12H11Br2N3O. The normalized spacial score (nSPS) is 10.4. The van der Waals surface area contributed by atoms with Crippen molar-refractivity contribution in [2.45, 2.75) is 13.8 Å². The van der Waals surface area contributed by atoms with Crippen molar-refractivity contribution in [2.24, 2.45) is 0 Å². The highest BCUT2D eigenvalue weighted by atomic mass is 79.9. The third-order valence-corrected chi connectivity index (χ3v) is 3.72. The molecule has 0 spiro atoms. The van der Waals surface area contributed by atoms with Crippen LogP contribution in [0.5, 0.6) is 0 Å². The zero-order valence-corrected chi connectivity index (χ0v) is 13.0. The molecule has 0 aliphatic rings. The molecule has 0 unspecified atom stereocenters. The predicted octanol–water partition coefficient (Wildman–Crippen LogP) is 3.80. The SMILES string of the molecule is Cc1n[nH]c(C)c1C(=O)Nc1cc(Br)ccc1Br. The fraction of sp³-hybridized carbons (Fsp3) is 0.167. The van der Waals surface area contributed by atoms with Crippen LogP contribution in [-0.2, 0) is 0 Å². The number of aromatic amines is 1. The summed E-state index contributed by atoms with van der Waals surface area (Å²) in [5.41, 5.74) is 2.75. The van der Waals surface area contributed by atoms with Gasteiger partial charge in [0.2, 0.25) is 0 Å². The Balaban J connectivity index is 2.30. The van der Waals surface area contributed by atoms with Crippen molar-refractivity contribution >= 4 is 43.5 Å². The zero-order chi connectivity index (χ0) is 13.3. The van der Waals surface area contributed by atoms with Crippen molar-refractivity contribution in [2.75, 3.05) is 5.32 Å². The van der Waals surface area contributed by atoms with Gasteiger partial charge in [0.15, 0.2) is 0 Å². The molecule has 0 saturated heterocycles. The first kappa shape index (κ1) is 13.3. The Morgan fingerprint density at radius 2 is 2.06 bits per heavy atom. The molecule has 18 heavy (non-hydrogen) atoms. The highest BCUT2D eigenvalue weighted by Crippen LogP contribution is 2.27. The largest absolute Gasteiger partial charge is 0.321 e. The molecular weight excluding hydrogens is 362 g/mol. The van der Waals surface area contributed by atoms with Crippen LogP contribution < -0.4 is 5.32 Å². The monoisotopic (exact) mass is 371 g/mol. The first-order valence-electron chi connectivity index (χ1n) is 5.27. The van der Waals surface area contributed by atoms with Crippen LogP contribution in [0.25, 0.3) is 0 Å². The molecule has 0 radical (unpaired) electrons. The van der Waals surface area contributed by atoms with Gasteiger partial charge < -0.3 is 5.32 Å². The van der Waals surface area contributed by atoms with Crippen molar-refractivity contribution in [3.8, 4) is 0 Å². The number of aromatic nitrogens is 2. The van der Waals surface area contributed by atoms with Crippen molar-refractivity contribution in [3.63, 3.8) is 0 Å². The number of H-pyrrole nitrogens is 1. The van der Waals surface area contributed by atoms with E-state index in [2.05, 4.69) is 47.4 Å². The highest BCUT2D eigenvalue weighted by molar-refractivity contribution is 9.11. The molecule has 4 nitrogen and oxygen atoms in total. The van der Waals surface area contributed by atoms with E-state index >= 15 is 0 Å². The summed E-state index contributed by atoms with van der Waals surface area (Å²) in [6.45, 7) is 3.62. The number of nitrogens with zero attached hydrogens (tertiary/aromatic N) is 1. The average molecular weight is 373 g/mol. The number of hydrogen-bond acceptors (Lipinski definition) is 2. The van der Waals surface area contributed by atoms with Gasteiger partial charge in [-0.25, -0.2) is 0 Å². The number of anilines is 1. The van der Waals surface area contributed by atoms with Crippen LogP contribution in [0.15, 0.2) is 27.1 Å². The lowest BCUT2D eigenvalue weighted by atomic mass is 10.2. The Morgan fingerprint density at radius 1 is 1.33 bits per heavy atom. The summed E-state index contributed by atoms with van der Waals surface area (Å²) < 4.78 is 1.74. The second-order valence-electron chi connectivity index (χ2n) is 3.89. The number of carbonyl (C=O) groups is 1. The van der Waals surface area contributed by atoms with Crippen molar-refractivity contribution in [1.29, 1.82) is 0 Å². The fourth-order valence-electron chi connectivity index (χ4n) is 1.66. The van der Waals surface area contributed by atoms with Crippen molar-refractivity contribution in [3.05, 3.63) is 44.1 Å². The number of nitrogens with one attached hydrogen (secondary N) is 2. The minimum absolute atomic E-state index is 0.169. The van der Waals surface area contributed by atoms with Crippen LogP contribution >= 0.6 is 31.9 Å². The Hall–Kier alpha value is -1.14. The number of hydrogen-bond donors (Lipinski definition) is 2. The maximum Gasteiger partial charge on any atom is 0.259 e. The lowest BCUT2D eigenvalue weighted by molar-refractivity contribution is 0.102. The van der Waals surface area contributed by atoms with E-state index in [1.165, 1.54) is 0 Å². The van der Waals surface area contributed by atoms with E-state index in [1.807, 2.05) is 25.1 Å². The molecule has 6 heteroatoms. The Labute approximate surface area is 121 Å². The molecule has 2 N–H and O–H groups in total. The number of benzene rings is 1. The molecule has 0 saturated carbocycles. The summed E-state index contributed by atoms with van der Waals surface area (Å²) in [4.78, 5) is 12.2. The van der Waals surface area contributed by atoms with Gasteiger partial charge in [0, 0.05) is 14.6 Å². The number of aryl methyl sites for hydroxylation is 2. The number of rotatable bonds is 2. The van der Waals surface area contributed by atoms with Gasteiger partial charge in [-0.15, -0.1) is 0 Å². The molecule has 94 valence electrons. The van der Waals surface area contributed by atoms with Gasteiger partial charge in [0.25, 0.3) is 5.91 Å². The topological polar surface area (TPSA) is 57.8 Å². The average Bonchev–Trinajstić information content (AvgIpc) is 2.63. The second kappa shape index (κ2) is 5.24. The second-order valence-corrected chi connectivity index (χ2v) is 5.66. The molecule has 1 aromatic heterocycles. The quantitative estimate of drug-likeness (QED) is 0.842. The van der Waals surface area contributed by atoms with Gasteiger partial charge in [-0.2, -0.15) is 5.10 Å². The smallest absolute Gasteiger partial charge is 0.259 e. The van der Waals surface area contributed by atoms with E-state index in [0.717, 1.165) is 20.3 Å². The van der Waals surface area contributed by atoms with Crippen molar-refractivity contribution in [1.82, 2.24) is 10.2 Å². The van der Waals surface area contributed by atoms with Gasteiger partial charge in [-0.1, -0.05) is 15.9 Å². The van der Waals surface area contributed by atoms with E-state index in [0.29, 0.717) is 11.3 Å². The van der Waals surface area contributed by atoms with E-state index in [1.54, 1.807) is 6.92 Å². The van der Waals surface area contributed by atoms with Crippen LogP contribution in [0, 0.1) is 13.8 Å². The molecule has 0 aliphatic heterocycles. The predicted molar refractivity (Wildman–Crippen MR) is 77.9 cm³/mol. The molecule has 2 rings (SSSR count). The van der Waals surface area contributed by atoms with Crippen LogP contribution in [-0.4, -0.2) is 16.1 Å². The van der Waals surface area contributed by atoms with Gasteiger partial charge in [-0.05, 0) is 48.0 Å². The van der Waals surface area contributed by atoms with E-state index < -0.39 is 0 Å². The molecule has 2 aromatic rings. The van der Waals surface area contributed by atoms with Gasteiger partial charge >= 0.3 is 0 Å². The summed E-state index contributed by atoms with van der Waals surface area (Å²) >= 11 is 6.77.